The van der Waals surface area contributed by atoms with Crippen LogP contribution in [0.4, 0.5) is 24.5 Å². The minimum absolute atomic E-state index is 0.0712. The zero-order valence-electron chi connectivity index (χ0n) is 12.4. The highest BCUT2D eigenvalue weighted by Gasteiger charge is 2.32. The smallest absolute Gasteiger partial charge is 0.381 e. The quantitative estimate of drug-likeness (QED) is 0.445. The van der Waals surface area contributed by atoms with Crippen LogP contribution in [0, 0.1) is 16.0 Å². The lowest BCUT2D eigenvalue weighted by atomic mass is 10.1. The normalized spacial score (nSPS) is 11.7. The average molecular weight is 320 g/mol. The van der Waals surface area contributed by atoms with E-state index in [9.17, 15) is 23.3 Å². The Bertz CT molecular complexity index is 505. The van der Waals surface area contributed by atoms with Crippen LogP contribution in [0.25, 0.3) is 0 Å². The van der Waals surface area contributed by atoms with Crippen molar-refractivity contribution in [3.8, 4) is 0 Å². The second kappa shape index (κ2) is 7.98. The molecular weight excluding hydrogens is 301 g/mol. The van der Waals surface area contributed by atoms with Gasteiger partial charge in [0.15, 0.2) is 0 Å². The van der Waals surface area contributed by atoms with E-state index in [1.165, 1.54) is 0 Å². The number of hydrogen-bond acceptors (Lipinski definition) is 4. The largest absolute Gasteiger partial charge is 0.416 e. The van der Waals surface area contributed by atoms with Crippen molar-refractivity contribution in [2.24, 2.45) is 5.92 Å². The standard InChI is InChI=1S/C14H19F3N2O3/c1-10(2)9-22-7-3-6-18-12-5-4-11(14(15,16)17)8-13(12)19(20)21/h4-5,8,10,18H,3,6-7,9H2,1-2H3. The predicted octanol–water partition coefficient (Wildman–Crippen LogP) is 4.09. The number of benzene rings is 1. The maximum absolute atomic E-state index is 12.6. The van der Waals surface area contributed by atoms with Gasteiger partial charge in [-0.1, -0.05) is 13.8 Å². The van der Waals surface area contributed by atoms with Crippen molar-refractivity contribution in [3.05, 3.63) is 33.9 Å². The molecule has 1 N–H and O–H groups in total. The van der Waals surface area contributed by atoms with Crippen molar-refractivity contribution in [1.29, 1.82) is 0 Å². The molecule has 22 heavy (non-hydrogen) atoms. The van der Waals surface area contributed by atoms with E-state index in [1.807, 2.05) is 13.8 Å². The lowest BCUT2D eigenvalue weighted by molar-refractivity contribution is -0.384. The van der Waals surface area contributed by atoms with Gasteiger partial charge in [0.2, 0.25) is 0 Å². The van der Waals surface area contributed by atoms with Crippen LogP contribution in [0.3, 0.4) is 0 Å². The third-order valence-electron chi connectivity index (χ3n) is 2.75. The number of nitrogens with zero attached hydrogens (tertiary/aromatic N) is 1. The van der Waals surface area contributed by atoms with E-state index in [2.05, 4.69) is 5.32 Å². The van der Waals surface area contributed by atoms with Gasteiger partial charge in [0.1, 0.15) is 5.69 Å². The van der Waals surface area contributed by atoms with E-state index in [0.717, 1.165) is 12.1 Å². The summed E-state index contributed by atoms with van der Waals surface area (Å²) in [6.45, 7) is 5.53. The molecule has 124 valence electrons. The van der Waals surface area contributed by atoms with Crippen LogP contribution < -0.4 is 5.32 Å². The molecule has 1 aromatic carbocycles. The monoisotopic (exact) mass is 320 g/mol. The molecule has 0 fully saturated rings. The van der Waals surface area contributed by atoms with E-state index < -0.39 is 22.4 Å². The van der Waals surface area contributed by atoms with Crippen LogP contribution >= 0.6 is 0 Å². The van der Waals surface area contributed by atoms with E-state index in [4.69, 9.17) is 4.74 Å². The van der Waals surface area contributed by atoms with Gasteiger partial charge in [-0.05, 0) is 24.5 Å². The maximum atomic E-state index is 12.6. The molecule has 1 aromatic rings. The fourth-order valence-corrected chi connectivity index (χ4v) is 1.72. The molecule has 0 amide bonds. The summed E-state index contributed by atoms with van der Waals surface area (Å²) in [5.74, 6) is 0.420. The summed E-state index contributed by atoms with van der Waals surface area (Å²) in [6.07, 6.45) is -4.00. The molecule has 0 saturated heterocycles. The van der Waals surface area contributed by atoms with Crippen molar-refractivity contribution in [1.82, 2.24) is 0 Å². The summed E-state index contributed by atoms with van der Waals surface area (Å²) < 4.78 is 43.0. The van der Waals surface area contributed by atoms with Crippen molar-refractivity contribution >= 4 is 11.4 Å². The zero-order valence-corrected chi connectivity index (χ0v) is 12.4. The molecule has 0 saturated carbocycles. The van der Waals surface area contributed by atoms with Gasteiger partial charge in [-0.15, -0.1) is 0 Å². The Balaban J connectivity index is 2.61. The van der Waals surface area contributed by atoms with Crippen molar-refractivity contribution in [2.45, 2.75) is 26.4 Å². The van der Waals surface area contributed by atoms with Gasteiger partial charge >= 0.3 is 6.18 Å². The number of nitrogens with one attached hydrogen (secondary N) is 1. The number of ether oxygens (including phenoxy) is 1. The van der Waals surface area contributed by atoms with Gasteiger partial charge in [0.25, 0.3) is 5.69 Å². The predicted molar refractivity (Wildman–Crippen MR) is 76.9 cm³/mol. The van der Waals surface area contributed by atoms with E-state index in [0.29, 0.717) is 38.2 Å². The number of nitro benzene ring substituents is 1. The molecule has 0 bridgehead atoms. The third kappa shape index (κ3) is 5.88. The molecule has 0 radical (unpaired) electrons. The van der Waals surface area contributed by atoms with E-state index in [1.54, 1.807) is 0 Å². The van der Waals surface area contributed by atoms with Gasteiger partial charge in [0.05, 0.1) is 10.5 Å². The van der Waals surface area contributed by atoms with Crippen LogP contribution in [0.5, 0.6) is 0 Å². The van der Waals surface area contributed by atoms with Crippen LogP contribution in [-0.4, -0.2) is 24.7 Å². The molecule has 0 heterocycles. The van der Waals surface area contributed by atoms with Gasteiger partial charge in [-0.2, -0.15) is 13.2 Å². The van der Waals surface area contributed by atoms with Crippen molar-refractivity contribution < 1.29 is 22.8 Å². The Morgan fingerprint density at radius 3 is 2.59 bits per heavy atom. The molecule has 5 nitrogen and oxygen atoms in total. The molecule has 0 aliphatic rings. The van der Waals surface area contributed by atoms with Crippen molar-refractivity contribution in [2.75, 3.05) is 25.1 Å². The Morgan fingerprint density at radius 1 is 1.36 bits per heavy atom. The number of nitro groups is 1. The summed E-state index contributed by atoms with van der Waals surface area (Å²) in [7, 11) is 0. The SMILES string of the molecule is CC(C)COCCCNc1ccc(C(F)(F)F)cc1[N+](=O)[O-]. The molecule has 0 aliphatic carbocycles. The molecule has 8 heteroatoms. The Kier molecular flexibility index (Phi) is 6.61. The first-order valence-corrected chi connectivity index (χ1v) is 6.89. The molecule has 0 unspecified atom stereocenters. The minimum atomic E-state index is -4.60. The number of hydrogen-bond donors (Lipinski definition) is 1. The second-order valence-corrected chi connectivity index (χ2v) is 5.24. The first-order chi connectivity index (χ1) is 10.2. The van der Waals surface area contributed by atoms with Gasteiger partial charge in [-0.3, -0.25) is 10.1 Å². The Labute approximate surface area is 126 Å². The highest BCUT2D eigenvalue weighted by atomic mass is 19.4. The fourth-order valence-electron chi connectivity index (χ4n) is 1.72. The number of halogens is 3. The third-order valence-corrected chi connectivity index (χ3v) is 2.75. The Morgan fingerprint density at radius 2 is 2.05 bits per heavy atom. The summed E-state index contributed by atoms with van der Waals surface area (Å²) >= 11 is 0. The van der Waals surface area contributed by atoms with Gasteiger partial charge in [0, 0.05) is 25.8 Å². The first kappa shape index (κ1) is 18.2. The van der Waals surface area contributed by atoms with E-state index in [-0.39, 0.29) is 5.69 Å². The van der Waals surface area contributed by atoms with Crippen LogP contribution in [0.15, 0.2) is 18.2 Å². The molecule has 0 aliphatic heterocycles. The summed E-state index contributed by atoms with van der Waals surface area (Å²) in [5.41, 5.74) is -1.55. The molecular formula is C14H19F3N2O3. The van der Waals surface area contributed by atoms with Crippen LogP contribution in [0.2, 0.25) is 0 Å². The topological polar surface area (TPSA) is 64.4 Å². The molecule has 0 spiro atoms. The lowest BCUT2D eigenvalue weighted by Gasteiger charge is -2.11. The van der Waals surface area contributed by atoms with Crippen molar-refractivity contribution in [3.63, 3.8) is 0 Å². The highest BCUT2D eigenvalue weighted by Crippen LogP contribution is 2.34. The van der Waals surface area contributed by atoms with Gasteiger partial charge < -0.3 is 10.1 Å². The fraction of sp³-hybridized carbons (Fsp3) is 0.571. The second-order valence-electron chi connectivity index (χ2n) is 5.24. The molecule has 1 rings (SSSR count). The van der Waals surface area contributed by atoms with Crippen LogP contribution in [-0.2, 0) is 10.9 Å². The minimum Gasteiger partial charge on any atom is -0.381 e. The number of rotatable bonds is 8. The van der Waals surface area contributed by atoms with Crippen LogP contribution in [0.1, 0.15) is 25.8 Å². The summed E-state index contributed by atoms with van der Waals surface area (Å²) in [5, 5.41) is 13.7. The molecule has 0 atom stereocenters. The van der Waals surface area contributed by atoms with Gasteiger partial charge in [-0.25, -0.2) is 0 Å². The highest BCUT2D eigenvalue weighted by molar-refractivity contribution is 5.62. The number of anilines is 1. The maximum Gasteiger partial charge on any atom is 0.416 e. The first-order valence-electron chi connectivity index (χ1n) is 6.89. The summed E-state index contributed by atoms with van der Waals surface area (Å²) in [6, 6.07) is 2.44. The summed E-state index contributed by atoms with van der Waals surface area (Å²) in [4.78, 5) is 10.1. The lowest BCUT2D eigenvalue weighted by Crippen LogP contribution is -2.11. The molecule has 0 aromatic heterocycles. The number of alkyl halides is 3. The Hall–Kier alpha value is -1.83. The van der Waals surface area contributed by atoms with E-state index >= 15 is 0 Å². The average Bonchev–Trinajstić information content (AvgIpc) is 2.41. The zero-order chi connectivity index (χ0) is 16.8.